The van der Waals surface area contributed by atoms with Gasteiger partial charge in [-0.1, -0.05) is 12.1 Å². The third kappa shape index (κ3) is 8.96. The molecule has 1 heterocycles. The van der Waals surface area contributed by atoms with Crippen LogP contribution in [0.5, 0.6) is 0 Å². The number of nitrogens with one attached hydrogen (secondary N) is 1. The maximum absolute atomic E-state index is 12.8. The van der Waals surface area contributed by atoms with Gasteiger partial charge in [-0.15, -0.1) is 0 Å². The minimum Gasteiger partial charge on any atom is -0.388 e. The number of aryl methyl sites for hydroxylation is 1. The molecule has 0 unspecified atom stereocenters. The Bertz CT molecular complexity index is 790. The van der Waals surface area contributed by atoms with Gasteiger partial charge in [-0.3, -0.25) is 14.5 Å². The van der Waals surface area contributed by atoms with E-state index in [4.69, 9.17) is 9.47 Å². The van der Waals surface area contributed by atoms with E-state index in [1.165, 1.54) is 14.0 Å². The molecule has 0 radical (unpaired) electrons. The largest absolute Gasteiger partial charge is 0.388 e. The van der Waals surface area contributed by atoms with Crippen LogP contribution in [0.3, 0.4) is 0 Å². The molecule has 0 spiro atoms. The van der Waals surface area contributed by atoms with Crippen molar-refractivity contribution in [1.29, 1.82) is 0 Å². The second kappa shape index (κ2) is 14.4. The Morgan fingerprint density at radius 3 is 2.59 bits per heavy atom. The number of aliphatic hydroxyl groups excluding tert-OH is 2. The van der Waals surface area contributed by atoms with E-state index in [0.717, 1.165) is 36.2 Å². The van der Waals surface area contributed by atoms with Crippen LogP contribution in [0.1, 0.15) is 37.3 Å². The first-order valence-electron chi connectivity index (χ1n) is 12.0. The molecule has 1 fully saturated rings. The topological polar surface area (TPSA) is 112 Å². The molecule has 0 bridgehead atoms. The summed E-state index contributed by atoms with van der Waals surface area (Å²) in [6.07, 6.45) is -0.733. The number of nitrogens with zero attached hydrogens (tertiary/aromatic N) is 2. The highest BCUT2D eigenvalue weighted by Gasteiger charge is 2.29. The smallest absolute Gasteiger partial charge is 0.238 e. The average Bonchev–Trinajstić information content (AvgIpc) is 2.80. The first-order chi connectivity index (χ1) is 16.2. The molecule has 1 aromatic rings. The van der Waals surface area contributed by atoms with Gasteiger partial charge in [0.25, 0.3) is 0 Å². The second-order valence-corrected chi connectivity index (χ2v) is 9.00. The van der Waals surface area contributed by atoms with Gasteiger partial charge in [-0.05, 0) is 56.8 Å². The van der Waals surface area contributed by atoms with Crippen LogP contribution in [0.2, 0.25) is 0 Å². The number of hydrogen-bond donors (Lipinski definition) is 3. The Morgan fingerprint density at radius 1 is 1.15 bits per heavy atom. The molecule has 0 aliphatic carbocycles. The standard InChI is InChI=1S/C25H41N3O6/c1-18-9-7-10-21(19(18)2)26-24(31)16-27-11-5-6-14-34-17-22(30)25(32)23(33-4)15-28(20(3)29)13-8-12-27/h7,9-10,22-23,25,30,32H,5-6,8,11-17H2,1-4H3,(H,26,31)/t22-,23-,25-/m0/s1. The molecule has 0 saturated carbocycles. The number of carbonyl (C=O) groups is 2. The molecule has 1 aromatic carbocycles. The van der Waals surface area contributed by atoms with Gasteiger partial charge in [0, 0.05) is 46.0 Å². The molecule has 34 heavy (non-hydrogen) atoms. The summed E-state index contributed by atoms with van der Waals surface area (Å²) in [6, 6.07) is 5.85. The fourth-order valence-electron chi connectivity index (χ4n) is 4.04. The number of methoxy groups -OCH3 is 1. The molecular weight excluding hydrogens is 438 g/mol. The molecule has 0 aromatic heterocycles. The number of amides is 2. The number of benzene rings is 1. The maximum atomic E-state index is 12.8. The van der Waals surface area contributed by atoms with Gasteiger partial charge in [0.15, 0.2) is 0 Å². The SMILES string of the molecule is CO[C@H]1CN(C(C)=O)CCCN(CC(=O)Nc2cccc(C)c2C)CCCCOC[C@H](O)[C@@H]1O. The minimum atomic E-state index is -1.16. The van der Waals surface area contributed by atoms with E-state index in [2.05, 4.69) is 10.2 Å². The van der Waals surface area contributed by atoms with Crippen LogP contribution in [-0.4, -0.2) is 103 Å². The van der Waals surface area contributed by atoms with E-state index >= 15 is 0 Å². The maximum Gasteiger partial charge on any atom is 0.238 e. The van der Waals surface area contributed by atoms with Crippen LogP contribution in [0.15, 0.2) is 18.2 Å². The summed E-state index contributed by atoms with van der Waals surface area (Å²) in [6.45, 7) is 8.17. The number of anilines is 1. The van der Waals surface area contributed by atoms with E-state index in [9.17, 15) is 19.8 Å². The highest BCUT2D eigenvalue weighted by Crippen LogP contribution is 2.18. The number of rotatable bonds is 4. The van der Waals surface area contributed by atoms with E-state index in [0.29, 0.717) is 26.1 Å². The lowest BCUT2D eigenvalue weighted by molar-refractivity contribution is -0.136. The Balaban J connectivity index is 2.04. The van der Waals surface area contributed by atoms with Crippen LogP contribution < -0.4 is 5.32 Å². The molecule has 1 saturated heterocycles. The predicted molar refractivity (Wildman–Crippen MR) is 131 cm³/mol. The van der Waals surface area contributed by atoms with Crippen LogP contribution in [0.25, 0.3) is 0 Å². The molecule has 2 amide bonds. The van der Waals surface area contributed by atoms with Gasteiger partial charge in [-0.2, -0.15) is 0 Å². The highest BCUT2D eigenvalue weighted by atomic mass is 16.5. The summed E-state index contributed by atoms with van der Waals surface area (Å²) in [7, 11) is 1.45. The minimum absolute atomic E-state index is 0.0109. The molecule has 9 heteroatoms. The van der Waals surface area contributed by atoms with Crippen molar-refractivity contribution in [3.63, 3.8) is 0 Å². The molecule has 1 aliphatic rings. The van der Waals surface area contributed by atoms with Crippen molar-refractivity contribution in [2.24, 2.45) is 0 Å². The average molecular weight is 480 g/mol. The molecule has 3 atom stereocenters. The summed E-state index contributed by atoms with van der Waals surface area (Å²) in [5, 5.41) is 23.7. The number of hydrogen-bond acceptors (Lipinski definition) is 7. The quantitative estimate of drug-likeness (QED) is 0.597. The van der Waals surface area contributed by atoms with Crippen molar-refractivity contribution < 1.29 is 29.3 Å². The van der Waals surface area contributed by atoms with Gasteiger partial charge in [-0.25, -0.2) is 0 Å². The van der Waals surface area contributed by atoms with Gasteiger partial charge in [0.2, 0.25) is 11.8 Å². The fraction of sp³-hybridized carbons (Fsp3) is 0.680. The third-order valence-corrected chi connectivity index (χ3v) is 6.37. The van der Waals surface area contributed by atoms with E-state index in [1.54, 1.807) is 4.90 Å². The number of ether oxygens (including phenoxy) is 2. The molecule has 3 N–H and O–H groups in total. The Kier molecular flexibility index (Phi) is 11.9. The van der Waals surface area contributed by atoms with Crippen molar-refractivity contribution in [1.82, 2.24) is 9.80 Å². The van der Waals surface area contributed by atoms with E-state index in [-0.39, 0.29) is 31.5 Å². The van der Waals surface area contributed by atoms with Crippen LogP contribution >= 0.6 is 0 Å². The zero-order chi connectivity index (χ0) is 25.1. The van der Waals surface area contributed by atoms with Crippen LogP contribution in [0, 0.1) is 13.8 Å². The number of aliphatic hydroxyl groups is 2. The Labute approximate surface area is 203 Å². The van der Waals surface area contributed by atoms with Crippen molar-refractivity contribution in [2.45, 2.75) is 58.3 Å². The van der Waals surface area contributed by atoms with Crippen molar-refractivity contribution in [2.75, 3.05) is 58.4 Å². The molecule has 1 aliphatic heterocycles. The Hall–Kier alpha value is -2.04. The zero-order valence-electron chi connectivity index (χ0n) is 21.0. The normalized spacial score (nSPS) is 24.2. The van der Waals surface area contributed by atoms with Gasteiger partial charge in [0.1, 0.15) is 18.3 Å². The second-order valence-electron chi connectivity index (χ2n) is 9.00. The van der Waals surface area contributed by atoms with Crippen molar-refractivity contribution >= 4 is 17.5 Å². The Morgan fingerprint density at radius 2 is 1.88 bits per heavy atom. The van der Waals surface area contributed by atoms with Crippen molar-refractivity contribution in [3.05, 3.63) is 29.3 Å². The molecular formula is C25H41N3O6. The van der Waals surface area contributed by atoms with E-state index < -0.39 is 18.3 Å². The summed E-state index contributed by atoms with van der Waals surface area (Å²) >= 11 is 0. The molecule has 2 rings (SSSR count). The fourth-order valence-corrected chi connectivity index (χ4v) is 4.04. The van der Waals surface area contributed by atoms with Gasteiger partial charge in [0.05, 0.1) is 13.2 Å². The van der Waals surface area contributed by atoms with Gasteiger partial charge >= 0.3 is 0 Å². The highest BCUT2D eigenvalue weighted by molar-refractivity contribution is 5.93. The lowest BCUT2D eigenvalue weighted by atomic mass is 10.1. The summed E-state index contributed by atoms with van der Waals surface area (Å²) in [5.41, 5.74) is 3.00. The van der Waals surface area contributed by atoms with Crippen LogP contribution in [0.4, 0.5) is 5.69 Å². The third-order valence-electron chi connectivity index (χ3n) is 6.37. The predicted octanol–water partition coefficient (Wildman–Crippen LogP) is 1.33. The zero-order valence-corrected chi connectivity index (χ0v) is 21.0. The summed E-state index contributed by atoms with van der Waals surface area (Å²) in [5.74, 6) is -0.208. The van der Waals surface area contributed by atoms with E-state index in [1.807, 2.05) is 32.0 Å². The van der Waals surface area contributed by atoms with Crippen molar-refractivity contribution in [3.8, 4) is 0 Å². The lowest BCUT2D eigenvalue weighted by Crippen LogP contribution is -2.48. The molecule has 192 valence electrons. The summed E-state index contributed by atoms with van der Waals surface area (Å²) in [4.78, 5) is 28.7. The lowest BCUT2D eigenvalue weighted by Gasteiger charge is -2.31. The number of carbonyl (C=O) groups excluding carboxylic acids is 2. The van der Waals surface area contributed by atoms with Gasteiger partial charge < -0.3 is 29.9 Å². The first-order valence-corrected chi connectivity index (χ1v) is 12.0. The van der Waals surface area contributed by atoms with Crippen LogP contribution in [-0.2, 0) is 19.1 Å². The first kappa shape index (κ1) is 28.2. The summed E-state index contributed by atoms with van der Waals surface area (Å²) < 4.78 is 10.9. The molecule has 9 nitrogen and oxygen atoms in total. The monoisotopic (exact) mass is 479 g/mol.